The Morgan fingerprint density at radius 2 is 1.79 bits per heavy atom. The second-order valence-corrected chi connectivity index (χ2v) is 7.32. The monoisotopic (exact) mass is 442 g/mol. The van der Waals surface area contributed by atoms with Crippen LogP contribution in [0.2, 0.25) is 0 Å². The smallest absolute Gasteiger partial charge is 0.249 e. The number of benzene rings is 1. The summed E-state index contributed by atoms with van der Waals surface area (Å²) in [6.07, 6.45) is 3.52. The van der Waals surface area contributed by atoms with Crippen molar-refractivity contribution in [2.24, 2.45) is 0 Å². The summed E-state index contributed by atoms with van der Waals surface area (Å²) in [5.41, 5.74) is 2.99. The normalized spacial score (nSPS) is 13.2. The molecular weight excluding hydrogens is 423 g/mol. The number of halogens is 2. The summed E-state index contributed by atoms with van der Waals surface area (Å²) in [5.74, 6) is 0. The third-order valence-electron chi connectivity index (χ3n) is 4.39. The number of H-pyrrole nitrogens is 1. The van der Waals surface area contributed by atoms with Gasteiger partial charge in [-0.05, 0) is 42.7 Å². The third kappa shape index (κ3) is 5.02. The fourth-order valence-corrected chi connectivity index (χ4v) is 3.67. The van der Waals surface area contributed by atoms with Crippen LogP contribution >= 0.6 is 24.8 Å². The molecule has 2 aromatic heterocycles. The molecule has 2 heterocycles. The average Bonchev–Trinajstić information content (AvgIpc) is 3.45. The summed E-state index contributed by atoms with van der Waals surface area (Å²) < 4.78 is 24.3. The first kappa shape index (κ1) is 22.2. The molecule has 3 aromatic rings. The van der Waals surface area contributed by atoms with Gasteiger partial charge in [0, 0.05) is 35.9 Å². The van der Waals surface area contributed by atoms with Crippen LogP contribution in [0.25, 0.3) is 11.0 Å². The molecule has 0 saturated heterocycles. The Morgan fingerprint density at radius 3 is 2.43 bits per heavy atom. The molecule has 0 amide bonds. The highest BCUT2D eigenvalue weighted by molar-refractivity contribution is 7.69. The number of rotatable bonds is 6. The summed E-state index contributed by atoms with van der Waals surface area (Å²) in [6, 6.07) is 12.9. The van der Waals surface area contributed by atoms with Crippen molar-refractivity contribution in [3.63, 3.8) is 0 Å². The van der Waals surface area contributed by atoms with Crippen molar-refractivity contribution in [1.29, 1.82) is 0 Å². The van der Waals surface area contributed by atoms with Gasteiger partial charge in [0.25, 0.3) is 0 Å². The Labute approximate surface area is 176 Å². The molecule has 1 fully saturated rings. The van der Waals surface area contributed by atoms with E-state index >= 15 is 0 Å². The van der Waals surface area contributed by atoms with Crippen LogP contribution in [0.1, 0.15) is 18.4 Å². The lowest BCUT2D eigenvalue weighted by atomic mass is 10.2. The van der Waals surface area contributed by atoms with Crippen LogP contribution in [0.3, 0.4) is 0 Å². The number of aromatic amines is 1. The highest BCUT2D eigenvalue weighted by Gasteiger charge is 2.30. The maximum atomic E-state index is 11.4. The quantitative estimate of drug-likeness (QED) is 0.510. The SMILES string of the molecule is Cl.Cl.O=c1ccc2c(Nc3ccc(CN(C4CC4)[SH](=O)=O)cc3)ccnc2[nH]1. The van der Waals surface area contributed by atoms with Crippen LogP contribution in [-0.2, 0) is 17.4 Å². The first-order valence-electron chi connectivity index (χ1n) is 8.35. The molecule has 0 unspecified atom stereocenters. The molecular formula is C18H20Cl2N4O3S. The minimum atomic E-state index is -2.55. The maximum absolute atomic E-state index is 11.4. The molecule has 28 heavy (non-hydrogen) atoms. The summed E-state index contributed by atoms with van der Waals surface area (Å²) in [7, 11) is -2.55. The molecule has 1 aromatic carbocycles. The number of hydrogen-bond donors (Lipinski definition) is 3. The summed E-state index contributed by atoms with van der Waals surface area (Å²) in [5, 5.41) is 4.13. The second kappa shape index (κ2) is 9.38. The van der Waals surface area contributed by atoms with Crippen molar-refractivity contribution in [3.8, 4) is 0 Å². The number of aromatic nitrogens is 2. The van der Waals surface area contributed by atoms with Crippen molar-refractivity contribution in [1.82, 2.24) is 14.3 Å². The minimum absolute atomic E-state index is 0. The largest absolute Gasteiger partial charge is 0.355 e. The van der Waals surface area contributed by atoms with Crippen molar-refractivity contribution in [2.75, 3.05) is 5.32 Å². The Bertz CT molecular complexity index is 1070. The highest BCUT2D eigenvalue weighted by atomic mass is 35.5. The molecule has 150 valence electrons. The Balaban J connectivity index is 0.00000140. The number of anilines is 2. The van der Waals surface area contributed by atoms with Gasteiger partial charge in [-0.15, -0.1) is 24.8 Å². The van der Waals surface area contributed by atoms with E-state index < -0.39 is 10.9 Å². The molecule has 7 nitrogen and oxygen atoms in total. The molecule has 10 heteroatoms. The zero-order valence-corrected chi connectivity index (χ0v) is 17.2. The van der Waals surface area contributed by atoms with Crippen LogP contribution < -0.4 is 10.9 Å². The standard InChI is InChI=1S/C18H18N4O3S.2ClH/c23-17-8-7-15-16(9-10-19-18(15)21-17)20-13-3-1-12(2-4-13)11-22(26(24)25)14-5-6-14;;/h1-4,7-10,14,26H,5-6,11H2,(H2,19,20,21,23);2*1H. The Hall–Kier alpha value is -2.13. The Morgan fingerprint density at radius 1 is 1.07 bits per heavy atom. The zero-order valence-electron chi connectivity index (χ0n) is 14.7. The van der Waals surface area contributed by atoms with Gasteiger partial charge in [0.05, 0.1) is 5.69 Å². The third-order valence-corrected chi connectivity index (χ3v) is 5.28. The van der Waals surface area contributed by atoms with Crippen molar-refractivity contribution >= 4 is 58.1 Å². The lowest BCUT2D eigenvalue weighted by molar-refractivity contribution is 0.413. The van der Waals surface area contributed by atoms with Gasteiger partial charge >= 0.3 is 0 Å². The fourth-order valence-electron chi connectivity index (χ4n) is 2.90. The molecule has 0 bridgehead atoms. The Kier molecular flexibility index (Phi) is 7.42. The van der Waals surface area contributed by atoms with Gasteiger partial charge < -0.3 is 10.3 Å². The summed E-state index contributed by atoms with van der Waals surface area (Å²) >= 11 is 0. The maximum Gasteiger partial charge on any atom is 0.249 e. The van der Waals surface area contributed by atoms with Crippen LogP contribution in [0.4, 0.5) is 11.4 Å². The number of nitrogens with one attached hydrogen (secondary N) is 2. The lowest BCUT2D eigenvalue weighted by Crippen LogP contribution is -2.23. The van der Waals surface area contributed by atoms with E-state index in [4.69, 9.17) is 0 Å². The summed E-state index contributed by atoms with van der Waals surface area (Å²) in [4.78, 5) is 18.3. The van der Waals surface area contributed by atoms with Crippen molar-refractivity contribution in [3.05, 3.63) is 64.6 Å². The topological polar surface area (TPSA) is 95.2 Å². The van der Waals surface area contributed by atoms with E-state index in [0.717, 1.165) is 35.2 Å². The zero-order chi connectivity index (χ0) is 18.1. The highest BCUT2D eigenvalue weighted by Crippen LogP contribution is 2.29. The van der Waals surface area contributed by atoms with E-state index in [2.05, 4.69) is 15.3 Å². The van der Waals surface area contributed by atoms with Gasteiger partial charge in [-0.2, -0.15) is 4.31 Å². The lowest BCUT2D eigenvalue weighted by Gasteiger charge is -2.15. The van der Waals surface area contributed by atoms with E-state index in [-0.39, 0.29) is 36.4 Å². The van der Waals surface area contributed by atoms with Crippen LogP contribution in [0.5, 0.6) is 0 Å². The molecule has 1 aliphatic rings. The molecule has 0 radical (unpaired) electrons. The fraction of sp³-hybridized carbons (Fsp3) is 0.222. The van der Waals surface area contributed by atoms with Crippen LogP contribution in [0, 0.1) is 0 Å². The predicted molar refractivity (Wildman–Crippen MR) is 115 cm³/mol. The van der Waals surface area contributed by atoms with Gasteiger partial charge in [-0.25, -0.2) is 13.4 Å². The minimum Gasteiger partial charge on any atom is -0.355 e. The molecule has 1 aliphatic carbocycles. The number of nitrogens with zero attached hydrogens (tertiary/aromatic N) is 2. The van der Waals surface area contributed by atoms with Crippen LogP contribution in [0.15, 0.2) is 53.5 Å². The van der Waals surface area contributed by atoms with Gasteiger partial charge in [-0.1, -0.05) is 12.1 Å². The molecule has 4 rings (SSSR count). The van der Waals surface area contributed by atoms with Gasteiger partial charge in [-0.3, -0.25) is 4.79 Å². The molecule has 0 aliphatic heterocycles. The predicted octanol–water partition coefficient (Wildman–Crippen LogP) is 3.00. The van der Waals surface area contributed by atoms with Gasteiger partial charge in [0.15, 0.2) is 0 Å². The number of fused-ring (bicyclic) bond motifs is 1. The van der Waals surface area contributed by atoms with E-state index in [1.54, 1.807) is 12.3 Å². The molecule has 2 N–H and O–H groups in total. The molecule has 0 spiro atoms. The van der Waals surface area contributed by atoms with E-state index in [1.165, 1.54) is 10.4 Å². The van der Waals surface area contributed by atoms with E-state index in [9.17, 15) is 13.2 Å². The van der Waals surface area contributed by atoms with Gasteiger partial charge in [0.2, 0.25) is 16.4 Å². The first-order chi connectivity index (χ1) is 12.6. The van der Waals surface area contributed by atoms with Crippen molar-refractivity contribution in [2.45, 2.75) is 25.4 Å². The number of hydrogen-bond acceptors (Lipinski definition) is 5. The number of thiol groups is 1. The van der Waals surface area contributed by atoms with Crippen LogP contribution in [-0.4, -0.2) is 28.7 Å². The second-order valence-electron chi connectivity index (χ2n) is 6.33. The van der Waals surface area contributed by atoms with Gasteiger partial charge in [0.1, 0.15) is 5.65 Å². The van der Waals surface area contributed by atoms with E-state index in [0.29, 0.717) is 12.2 Å². The van der Waals surface area contributed by atoms with E-state index in [1.807, 2.05) is 30.3 Å². The molecule has 1 saturated carbocycles. The summed E-state index contributed by atoms with van der Waals surface area (Å²) in [6.45, 7) is 0.406. The number of pyridine rings is 2. The first-order valence-corrected chi connectivity index (χ1v) is 9.48. The average molecular weight is 443 g/mol. The molecule has 0 atom stereocenters. The van der Waals surface area contributed by atoms with Crippen molar-refractivity contribution < 1.29 is 8.42 Å².